The number of nitrogens with one attached hydrogen (secondary N) is 1. The number of carbonyl (C=O) groups excluding carboxylic acids is 1. The van der Waals surface area contributed by atoms with E-state index >= 15 is 0 Å². The summed E-state index contributed by atoms with van der Waals surface area (Å²) in [7, 11) is 0. The second kappa shape index (κ2) is 7.97. The summed E-state index contributed by atoms with van der Waals surface area (Å²) in [5.74, 6) is 0.0427. The van der Waals surface area contributed by atoms with E-state index in [0.717, 1.165) is 29.9 Å². The number of nitrogens with zero attached hydrogens (tertiary/aromatic N) is 1. The third-order valence-corrected chi connectivity index (χ3v) is 5.24. The fourth-order valence-electron chi connectivity index (χ4n) is 2.47. The monoisotopic (exact) mass is 508 g/mol. The van der Waals surface area contributed by atoms with Gasteiger partial charge in [-0.2, -0.15) is 5.10 Å². The molecule has 0 saturated carbocycles. The Hall–Kier alpha value is -1.93. The highest BCUT2D eigenvalue weighted by atomic mass is 127. The fraction of sp³-hybridized carbons (Fsp3) is 0.0526. The Morgan fingerprint density at radius 2 is 1.92 bits per heavy atom. The van der Waals surface area contributed by atoms with Crippen molar-refractivity contribution in [2.75, 3.05) is 0 Å². The molecule has 0 aliphatic rings. The molecule has 0 saturated heterocycles. The van der Waals surface area contributed by atoms with Crippen LogP contribution in [0.3, 0.4) is 0 Å². The van der Waals surface area contributed by atoms with Crippen molar-refractivity contribution in [2.24, 2.45) is 5.10 Å². The Morgan fingerprint density at radius 1 is 1.16 bits per heavy atom. The van der Waals surface area contributed by atoms with Gasteiger partial charge in [-0.3, -0.25) is 4.79 Å². The molecular weight excluding hydrogens is 495 g/mol. The Morgan fingerprint density at radius 3 is 2.68 bits per heavy atom. The molecule has 0 unspecified atom stereocenters. The summed E-state index contributed by atoms with van der Waals surface area (Å²) in [6.07, 6.45) is 1.80. The highest BCUT2D eigenvalue weighted by Gasteiger charge is 2.08. The van der Waals surface area contributed by atoms with Crippen molar-refractivity contribution in [1.82, 2.24) is 5.43 Å². The molecule has 3 aromatic rings. The molecule has 0 fully saturated rings. The van der Waals surface area contributed by atoms with E-state index in [1.165, 1.54) is 0 Å². The lowest BCUT2D eigenvalue weighted by atomic mass is 10.0. The molecule has 0 spiro atoms. The fourth-order valence-corrected chi connectivity index (χ4v) is 3.49. The first-order chi connectivity index (χ1) is 12.0. The second-order valence-electron chi connectivity index (χ2n) is 5.43. The van der Waals surface area contributed by atoms with Gasteiger partial charge in [0.05, 0.1) is 16.2 Å². The van der Waals surface area contributed by atoms with Crippen molar-refractivity contribution in [3.63, 3.8) is 0 Å². The van der Waals surface area contributed by atoms with Crippen LogP contribution < -0.4 is 5.43 Å². The van der Waals surface area contributed by atoms with Crippen LogP contribution in [0.25, 0.3) is 10.8 Å². The van der Waals surface area contributed by atoms with Crippen LogP contribution in [0, 0.1) is 3.57 Å². The molecule has 3 rings (SSSR count). The first-order valence-electron chi connectivity index (χ1n) is 7.51. The summed E-state index contributed by atoms with van der Waals surface area (Å²) < 4.78 is 1.74. The summed E-state index contributed by atoms with van der Waals surface area (Å²) in [6.45, 7) is 0. The van der Waals surface area contributed by atoms with E-state index < -0.39 is 0 Å². The van der Waals surface area contributed by atoms with Gasteiger partial charge >= 0.3 is 0 Å². The highest BCUT2D eigenvalue weighted by molar-refractivity contribution is 14.1. The van der Waals surface area contributed by atoms with Gasteiger partial charge in [-0.15, -0.1) is 0 Å². The van der Waals surface area contributed by atoms with Crippen molar-refractivity contribution in [3.8, 4) is 5.75 Å². The summed E-state index contributed by atoms with van der Waals surface area (Å²) in [6, 6.07) is 17.0. The van der Waals surface area contributed by atoms with E-state index in [4.69, 9.17) is 0 Å². The third-order valence-electron chi connectivity index (χ3n) is 3.69. The van der Waals surface area contributed by atoms with Crippen molar-refractivity contribution in [3.05, 3.63) is 73.8 Å². The number of hydrazone groups is 1. The van der Waals surface area contributed by atoms with E-state index in [1.807, 2.05) is 59.0 Å². The van der Waals surface area contributed by atoms with Crippen LogP contribution in [-0.4, -0.2) is 17.2 Å². The zero-order chi connectivity index (χ0) is 17.8. The molecule has 126 valence electrons. The number of phenolic OH excluding ortho intramolecular Hbond substituents is 1. The molecule has 3 aromatic carbocycles. The zero-order valence-corrected chi connectivity index (χ0v) is 16.8. The average molecular weight is 509 g/mol. The Balaban J connectivity index is 1.70. The summed E-state index contributed by atoms with van der Waals surface area (Å²) in [4.78, 5) is 12.2. The minimum absolute atomic E-state index is 0.183. The SMILES string of the molecule is O=C(Cc1ccc(Br)c2ccccc12)NN=Cc1ccc(O)c(I)c1. The molecule has 0 aromatic heterocycles. The largest absolute Gasteiger partial charge is 0.507 e. The van der Waals surface area contributed by atoms with Gasteiger partial charge < -0.3 is 5.11 Å². The van der Waals surface area contributed by atoms with Gasteiger partial charge in [-0.25, -0.2) is 5.43 Å². The van der Waals surface area contributed by atoms with E-state index in [9.17, 15) is 9.90 Å². The van der Waals surface area contributed by atoms with Gasteiger partial charge in [-0.1, -0.05) is 46.3 Å². The van der Waals surface area contributed by atoms with Crippen molar-refractivity contribution >= 4 is 61.4 Å². The second-order valence-corrected chi connectivity index (χ2v) is 7.45. The number of halogens is 2. The molecule has 2 N–H and O–H groups in total. The maximum absolute atomic E-state index is 12.2. The van der Waals surface area contributed by atoms with Crippen LogP contribution in [0.1, 0.15) is 11.1 Å². The normalized spacial score (nSPS) is 11.1. The van der Waals surface area contributed by atoms with Gasteiger partial charge in [0.2, 0.25) is 5.91 Å². The number of hydrogen-bond donors (Lipinski definition) is 2. The van der Waals surface area contributed by atoms with Gasteiger partial charge in [0, 0.05) is 4.47 Å². The molecule has 0 radical (unpaired) electrons. The van der Waals surface area contributed by atoms with Crippen LogP contribution >= 0.6 is 38.5 Å². The molecule has 0 heterocycles. The molecule has 6 heteroatoms. The molecule has 0 atom stereocenters. The van der Waals surface area contributed by atoms with Gasteiger partial charge in [0.25, 0.3) is 0 Å². The number of fused-ring (bicyclic) bond motifs is 1. The standard InChI is InChI=1S/C19H14BrIN2O2/c20-16-7-6-13(14-3-1-2-4-15(14)16)10-19(25)23-22-11-12-5-8-18(24)17(21)9-12/h1-9,11,24H,10H2,(H,23,25). The lowest BCUT2D eigenvalue weighted by molar-refractivity contribution is -0.120. The Labute approximate surface area is 167 Å². The first-order valence-corrected chi connectivity index (χ1v) is 9.38. The lowest BCUT2D eigenvalue weighted by Gasteiger charge is -2.07. The maximum atomic E-state index is 12.2. The predicted octanol–water partition coefficient (Wildman–Crippen LogP) is 4.61. The van der Waals surface area contributed by atoms with Crippen molar-refractivity contribution in [1.29, 1.82) is 0 Å². The average Bonchev–Trinajstić information content (AvgIpc) is 2.61. The van der Waals surface area contributed by atoms with Crippen molar-refractivity contribution < 1.29 is 9.90 Å². The topological polar surface area (TPSA) is 61.7 Å². The number of phenols is 1. The van der Waals surface area contributed by atoms with E-state index in [0.29, 0.717) is 0 Å². The quantitative estimate of drug-likeness (QED) is 0.307. The first kappa shape index (κ1) is 17.9. The number of aromatic hydroxyl groups is 1. The summed E-state index contributed by atoms with van der Waals surface area (Å²) >= 11 is 5.57. The molecule has 0 bridgehead atoms. The third kappa shape index (κ3) is 4.38. The number of rotatable bonds is 4. The zero-order valence-electron chi connectivity index (χ0n) is 13.0. The highest BCUT2D eigenvalue weighted by Crippen LogP contribution is 2.27. The minimum Gasteiger partial charge on any atom is -0.507 e. The van der Waals surface area contributed by atoms with E-state index in [2.05, 4.69) is 26.5 Å². The van der Waals surface area contributed by atoms with Crippen LogP contribution in [-0.2, 0) is 11.2 Å². The molecule has 1 amide bonds. The smallest absolute Gasteiger partial charge is 0.244 e. The molecule has 0 aliphatic heterocycles. The number of hydrogen-bond acceptors (Lipinski definition) is 3. The van der Waals surface area contributed by atoms with Gasteiger partial charge in [-0.05, 0) is 68.8 Å². The van der Waals surface area contributed by atoms with Crippen LogP contribution in [0.2, 0.25) is 0 Å². The maximum Gasteiger partial charge on any atom is 0.244 e. The molecule has 0 aliphatic carbocycles. The summed E-state index contributed by atoms with van der Waals surface area (Å²) in [5, 5.41) is 15.6. The van der Waals surface area contributed by atoms with Crippen molar-refractivity contribution in [2.45, 2.75) is 6.42 Å². The van der Waals surface area contributed by atoms with Crippen LogP contribution in [0.4, 0.5) is 0 Å². The van der Waals surface area contributed by atoms with Gasteiger partial charge in [0.15, 0.2) is 0 Å². The molecule has 25 heavy (non-hydrogen) atoms. The van der Waals surface area contributed by atoms with Crippen LogP contribution in [0.5, 0.6) is 5.75 Å². The van der Waals surface area contributed by atoms with Crippen LogP contribution in [0.15, 0.2) is 64.2 Å². The summed E-state index contributed by atoms with van der Waals surface area (Å²) in [5.41, 5.74) is 4.30. The Kier molecular flexibility index (Phi) is 5.70. The number of benzene rings is 3. The minimum atomic E-state index is -0.183. The molecular formula is C19H14BrIN2O2. The molecule has 4 nitrogen and oxygen atoms in total. The van der Waals surface area contributed by atoms with E-state index in [-0.39, 0.29) is 18.1 Å². The van der Waals surface area contributed by atoms with E-state index in [1.54, 1.807) is 24.4 Å². The Bertz CT molecular complexity index is 973. The van der Waals surface area contributed by atoms with Gasteiger partial charge in [0.1, 0.15) is 5.75 Å². The number of carbonyl (C=O) groups is 1. The number of amides is 1. The predicted molar refractivity (Wildman–Crippen MR) is 112 cm³/mol. The lowest BCUT2D eigenvalue weighted by Crippen LogP contribution is -2.19.